The first-order valence-electron chi connectivity index (χ1n) is 5.90. The van der Waals surface area contributed by atoms with Crippen LogP contribution < -0.4 is 16.4 Å². The lowest BCUT2D eigenvalue weighted by molar-refractivity contribution is -0.125. The lowest BCUT2D eigenvalue weighted by Crippen LogP contribution is -2.43. The number of nitrogens with one attached hydrogen (secondary N) is 2. The summed E-state index contributed by atoms with van der Waals surface area (Å²) in [6.45, 7) is 3.30. The third kappa shape index (κ3) is 4.27. The summed E-state index contributed by atoms with van der Waals surface area (Å²) in [6.07, 6.45) is 0. The highest BCUT2D eigenvalue weighted by molar-refractivity contribution is 5.93. The van der Waals surface area contributed by atoms with Crippen LogP contribution in [0.4, 0.5) is 10.5 Å². The Labute approximate surface area is 116 Å². The summed E-state index contributed by atoms with van der Waals surface area (Å²) in [5.74, 6) is -1.60. The summed E-state index contributed by atoms with van der Waals surface area (Å²) in [5.41, 5.74) is 4.74. The van der Waals surface area contributed by atoms with Crippen molar-refractivity contribution in [2.24, 2.45) is 11.1 Å². The molecular weight excluding hydrogens is 262 g/mol. The molecule has 7 heteroatoms. The molecule has 5 N–H and O–H groups in total. The van der Waals surface area contributed by atoms with Gasteiger partial charge >= 0.3 is 12.0 Å². The van der Waals surface area contributed by atoms with Gasteiger partial charge in [-0.05, 0) is 32.0 Å². The number of amides is 3. The third-order valence-electron chi connectivity index (χ3n) is 2.73. The van der Waals surface area contributed by atoms with Gasteiger partial charge in [0.05, 0.1) is 11.0 Å². The van der Waals surface area contributed by atoms with Crippen molar-refractivity contribution in [3.63, 3.8) is 0 Å². The standard InChI is InChI=1S/C13H17N3O4/c1-13(2,11(14)19)7-15-12(20)16-9-5-3-4-8(6-9)10(17)18/h3-6H,7H2,1-2H3,(H2,14,19)(H,17,18)(H2,15,16,20). The molecule has 7 nitrogen and oxygen atoms in total. The summed E-state index contributed by atoms with van der Waals surface area (Å²) in [6, 6.07) is 5.29. The molecule has 20 heavy (non-hydrogen) atoms. The molecule has 0 spiro atoms. The zero-order valence-electron chi connectivity index (χ0n) is 11.3. The molecule has 1 aromatic carbocycles. The Morgan fingerprint density at radius 2 is 1.95 bits per heavy atom. The molecule has 0 bridgehead atoms. The van der Waals surface area contributed by atoms with E-state index in [9.17, 15) is 14.4 Å². The van der Waals surface area contributed by atoms with Gasteiger partial charge in [0.25, 0.3) is 0 Å². The van der Waals surface area contributed by atoms with E-state index in [0.717, 1.165) is 0 Å². The number of nitrogens with two attached hydrogens (primary N) is 1. The second-order valence-corrected chi connectivity index (χ2v) is 4.94. The Morgan fingerprint density at radius 3 is 2.50 bits per heavy atom. The summed E-state index contributed by atoms with van der Waals surface area (Å²) < 4.78 is 0. The first-order chi connectivity index (χ1) is 9.22. The number of urea groups is 1. The molecule has 0 aliphatic rings. The summed E-state index contributed by atoms with van der Waals surface area (Å²) >= 11 is 0. The van der Waals surface area contributed by atoms with E-state index in [-0.39, 0.29) is 12.1 Å². The van der Waals surface area contributed by atoms with E-state index < -0.39 is 23.3 Å². The number of primary amides is 1. The first-order valence-corrected chi connectivity index (χ1v) is 5.90. The molecule has 0 saturated heterocycles. The van der Waals surface area contributed by atoms with Crippen LogP contribution in [0.2, 0.25) is 0 Å². The Morgan fingerprint density at radius 1 is 1.30 bits per heavy atom. The fraction of sp³-hybridized carbons (Fsp3) is 0.308. The fourth-order valence-electron chi connectivity index (χ4n) is 1.29. The molecule has 1 aromatic rings. The smallest absolute Gasteiger partial charge is 0.335 e. The molecule has 0 aliphatic heterocycles. The summed E-state index contributed by atoms with van der Waals surface area (Å²) in [7, 11) is 0. The van der Waals surface area contributed by atoms with Gasteiger partial charge in [0.15, 0.2) is 0 Å². The molecular formula is C13H17N3O4. The Bertz CT molecular complexity index is 540. The number of benzene rings is 1. The SMILES string of the molecule is CC(C)(CNC(=O)Nc1cccc(C(=O)O)c1)C(N)=O. The number of carbonyl (C=O) groups excluding carboxylic acids is 2. The van der Waals surface area contributed by atoms with Gasteiger partial charge in [0.1, 0.15) is 0 Å². The number of aromatic carboxylic acids is 1. The van der Waals surface area contributed by atoms with Crippen LogP contribution in [0.3, 0.4) is 0 Å². The number of carboxylic acid groups (broad SMARTS) is 1. The van der Waals surface area contributed by atoms with Crippen LogP contribution in [-0.2, 0) is 4.79 Å². The normalized spacial score (nSPS) is 10.7. The van der Waals surface area contributed by atoms with Gasteiger partial charge in [-0.2, -0.15) is 0 Å². The topological polar surface area (TPSA) is 122 Å². The van der Waals surface area contributed by atoms with Crippen molar-refractivity contribution in [3.8, 4) is 0 Å². The molecule has 1 rings (SSSR count). The largest absolute Gasteiger partial charge is 0.478 e. The molecule has 0 fully saturated rings. The molecule has 0 heterocycles. The molecule has 0 atom stereocenters. The van der Waals surface area contributed by atoms with E-state index in [1.165, 1.54) is 18.2 Å². The van der Waals surface area contributed by atoms with Gasteiger partial charge in [-0.3, -0.25) is 4.79 Å². The molecule has 108 valence electrons. The second-order valence-electron chi connectivity index (χ2n) is 4.94. The van der Waals surface area contributed by atoms with Gasteiger partial charge in [0.2, 0.25) is 5.91 Å². The predicted octanol–water partition coefficient (Wildman–Crippen LogP) is 1.02. The first kappa shape index (κ1) is 15.5. The van der Waals surface area contributed by atoms with Crippen molar-refractivity contribution in [2.45, 2.75) is 13.8 Å². The highest BCUT2D eigenvalue weighted by atomic mass is 16.4. The van der Waals surface area contributed by atoms with Crippen LogP contribution in [-0.4, -0.2) is 29.6 Å². The molecule has 0 aliphatic carbocycles. The van der Waals surface area contributed by atoms with Crippen LogP contribution in [0, 0.1) is 5.41 Å². The predicted molar refractivity (Wildman–Crippen MR) is 73.4 cm³/mol. The third-order valence-corrected chi connectivity index (χ3v) is 2.73. The van der Waals surface area contributed by atoms with Gasteiger partial charge in [-0.1, -0.05) is 6.07 Å². The van der Waals surface area contributed by atoms with Gasteiger partial charge in [-0.15, -0.1) is 0 Å². The summed E-state index contributed by atoms with van der Waals surface area (Å²) in [4.78, 5) is 33.5. The molecule has 0 saturated carbocycles. The number of rotatable bonds is 5. The van der Waals surface area contributed by atoms with E-state index in [1.807, 2.05) is 0 Å². The van der Waals surface area contributed by atoms with Gasteiger partial charge in [0, 0.05) is 12.2 Å². The van der Waals surface area contributed by atoms with E-state index in [4.69, 9.17) is 10.8 Å². The van der Waals surface area contributed by atoms with E-state index in [2.05, 4.69) is 10.6 Å². The highest BCUT2D eigenvalue weighted by Gasteiger charge is 2.25. The Hall–Kier alpha value is -2.57. The molecule has 0 unspecified atom stereocenters. The zero-order chi connectivity index (χ0) is 15.3. The van der Waals surface area contributed by atoms with Crippen molar-refractivity contribution < 1.29 is 19.5 Å². The van der Waals surface area contributed by atoms with Crippen molar-refractivity contribution in [1.29, 1.82) is 0 Å². The minimum atomic E-state index is -1.08. The second kappa shape index (κ2) is 6.05. The average Bonchev–Trinajstić information content (AvgIpc) is 2.36. The lowest BCUT2D eigenvalue weighted by atomic mass is 9.93. The molecule has 3 amide bonds. The van der Waals surface area contributed by atoms with E-state index in [0.29, 0.717) is 5.69 Å². The maximum absolute atomic E-state index is 11.6. The van der Waals surface area contributed by atoms with E-state index >= 15 is 0 Å². The molecule has 0 aromatic heterocycles. The lowest BCUT2D eigenvalue weighted by Gasteiger charge is -2.20. The van der Waals surface area contributed by atoms with Gasteiger partial charge in [-0.25, -0.2) is 9.59 Å². The number of hydrogen-bond donors (Lipinski definition) is 4. The number of carboxylic acids is 1. The van der Waals surface area contributed by atoms with Crippen molar-refractivity contribution in [3.05, 3.63) is 29.8 Å². The summed E-state index contributed by atoms with van der Waals surface area (Å²) in [5, 5.41) is 13.8. The van der Waals surface area contributed by atoms with Crippen LogP contribution in [0.5, 0.6) is 0 Å². The Kier molecular flexibility index (Phi) is 4.68. The Balaban J connectivity index is 2.61. The van der Waals surface area contributed by atoms with E-state index in [1.54, 1.807) is 19.9 Å². The van der Waals surface area contributed by atoms with Crippen molar-refractivity contribution >= 4 is 23.6 Å². The average molecular weight is 279 g/mol. The van der Waals surface area contributed by atoms with Crippen LogP contribution >= 0.6 is 0 Å². The zero-order valence-corrected chi connectivity index (χ0v) is 11.3. The maximum Gasteiger partial charge on any atom is 0.335 e. The van der Waals surface area contributed by atoms with Crippen molar-refractivity contribution in [1.82, 2.24) is 5.32 Å². The highest BCUT2D eigenvalue weighted by Crippen LogP contribution is 2.13. The van der Waals surface area contributed by atoms with Gasteiger partial charge < -0.3 is 21.5 Å². The molecule has 0 radical (unpaired) electrons. The fourth-order valence-corrected chi connectivity index (χ4v) is 1.29. The van der Waals surface area contributed by atoms with Crippen LogP contribution in [0.1, 0.15) is 24.2 Å². The monoisotopic (exact) mass is 279 g/mol. The maximum atomic E-state index is 11.6. The van der Waals surface area contributed by atoms with Crippen LogP contribution in [0.25, 0.3) is 0 Å². The minimum absolute atomic E-state index is 0.0697. The number of anilines is 1. The number of carbonyl (C=O) groups is 3. The number of hydrogen-bond acceptors (Lipinski definition) is 3. The van der Waals surface area contributed by atoms with Crippen molar-refractivity contribution in [2.75, 3.05) is 11.9 Å². The quantitative estimate of drug-likeness (QED) is 0.642. The minimum Gasteiger partial charge on any atom is -0.478 e. The van der Waals surface area contributed by atoms with Crippen LogP contribution in [0.15, 0.2) is 24.3 Å².